The lowest BCUT2D eigenvalue weighted by atomic mass is 9.94. The molecule has 3 amide bonds. The second-order valence-electron chi connectivity index (χ2n) is 12.9. The van der Waals surface area contributed by atoms with Gasteiger partial charge in [0.15, 0.2) is 12.3 Å². The van der Waals surface area contributed by atoms with Crippen LogP contribution in [0.1, 0.15) is 63.6 Å². The first kappa shape index (κ1) is 32.8. The molecule has 45 heavy (non-hydrogen) atoms. The number of amides is 3. The van der Waals surface area contributed by atoms with Gasteiger partial charge in [-0.1, -0.05) is 50.2 Å². The molecule has 0 bridgehead atoms. The maximum atomic E-state index is 14.3. The number of carbonyl (C=O) groups is 3. The lowest BCUT2D eigenvalue weighted by Crippen LogP contribution is -2.74. The van der Waals surface area contributed by atoms with Crippen LogP contribution in [0.25, 0.3) is 6.08 Å². The number of hydroxylamine groups is 2. The number of carbonyl (C=O) groups excluding carboxylic acids is 3. The zero-order chi connectivity index (χ0) is 31.8. The predicted octanol–water partition coefficient (Wildman–Crippen LogP) is 3.70. The van der Waals surface area contributed by atoms with Crippen LogP contribution < -0.4 is 5.32 Å². The molecule has 3 atom stereocenters. The minimum absolute atomic E-state index is 0.00646. The Morgan fingerprint density at radius 2 is 1.80 bits per heavy atom. The molecular weight excluding hydrogens is 568 g/mol. The lowest BCUT2D eigenvalue weighted by molar-refractivity contribution is -0.275. The van der Waals surface area contributed by atoms with Crippen molar-refractivity contribution in [3.05, 3.63) is 72.1 Å². The van der Waals surface area contributed by atoms with E-state index in [0.717, 1.165) is 51.9 Å². The third-order valence-electron chi connectivity index (χ3n) is 9.00. The van der Waals surface area contributed by atoms with Crippen LogP contribution in [0.2, 0.25) is 0 Å². The first-order valence-corrected chi connectivity index (χ1v) is 16.5. The molecule has 1 N–H and O–H groups in total. The minimum atomic E-state index is -0.828. The van der Waals surface area contributed by atoms with Gasteiger partial charge in [0.25, 0.3) is 11.8 Å². The number of unbranched alkanes of at least 4 members (excludes halogenated alkanes) is 1. The molecule has 0 aliphatic carbocycles. The molecule has 0 unspecified atom stereocenters. The fourth-order valence-electron chi connectivity index (χ4n) is 6.57. The van der Waals surface area contributed by atoms with Gasteiger partial charge < -0.3 is 20.0 Å². The summed E-state index contributed by atoms with van der Waals surface area (Å²) < 4.78 is 0. The van der Waals surface area contributed by atoms with E-state index in [1.54, 1.807) is 17.2 Å². The first-order chi connectivity index (χ1) is 21.8. The highest BCUT2D eigenvalue weighted by atomic mass is 16.7. The van der Waals surface area contributed by atoms with Gasteiger partial charge in [0, 0.05) is 24.9 Å². The smallest absolute Gasteiger partial charge is 0.272 e. The van der Waals surface area contributed by atoms with E-state index in [9.17, 15) is 14.4 Å². The predicted molar refractivity (Wildman–Crippen MR) is 173 cm³/mol. The Morgan fingerprint density at radius 3 is 2.51 bits per heavy atom. The molecule has 10 nitrogen and oxygen atoms in total. The van der Waals surface area contributed by atoms with E-state index in [1.807, 2.05) is 55.1 Å². The molecule has 242 valence electrons. The maximum Gasteiger partial charge on any atom is 0.272 e. The number of likely N-dealkylation sites (tertiary alicyclic amines) is 1. The summed E-state index contributed by atoms with van der Waals surface area (Å²) in [5.74, 6) is -0.400. The molecule has 10 heteroatoms. The summed E-state index contributed by atoms with van der Waals surface area (Å²) in [7, 11) is 2.10. The fourth-order valence-corrected chi connectivity index (χ4v) is 6.57. The van der Waals surface area contributed by atoms with Gasteiger partial charge in [-0.2, -0.15) is 5.06 Å². The third-order valence-corrected chi connectivity index (χ3v) is 9.00. The van der Waals surface area contributed by atoms with Crippen molar-refractivity contribution in [2.24, 2.45) is 5.92 Å². The average Bonchev–Trinajstić information content (AvgIpc) is 3.04. The molecule has 0 saturated carbocycles. The van der Waals surface area contributed by atoms with E-state index in [0.29, 0.717) is 18.5 Å². The topological polar surface area (TPSA) is 98.3 Å². The first-order valence-electron chi connectivity index (χ1n) is 16.5. The van der Waals surface area contributed by atoms with E-state index in [4.69, 9.17) is 4.84 Å². The van der Waals surface area contributed by atoms with Crippen molar-refractivity contribution in [2.75, 3.05) is 33.2 Å². The van der Waals surface area contributed by atoms with Crippen molar-refractivity contribution in [3.63, 3.8) is 0 Å². The Kier molecular flexibility index (Phi) is 11.4. The van der Waals surface area contributed by atoms with Gasteiger partial charge in [0.2, 0.25) is 5.91 Å². The molecule has 0 spiro atoms. The largest absolute Gasteiger partial charge is 0.334 e. The number of pyridine rings is 1. The van der Waals surface area contributed by atoms with Crippen molar-refractivity contribution in [1.82, 2.24) is 30.1 Å². The lowest BCUT2D eigenvalue weighted by Gasteiger charge is -2.54. The number of fused-ring (bicyclic) bond motifs is 1. The highest BCUT2D eigenvalue weighted by Crippen LogP contribution is 2.33. The molecule has 2 aromatic rings. The van der Waals surface area contributed by atoms with Gasteiger partial charge in [0.1, 0.15) is 6.04 Å². The van der Waals surface area contributed by atoms with E-state index in [2.05, 4.69) is 34.4 Å². The number of aromatic nitrogens is 1. The van der Waals surface area contributed by atoms with Gasteiger partial charge in [-0.3, -0.25) is 24.2 Å². The highest BCUT2D eigenvalue weighted by molar-refractivity contribution is 5.95. The molecule has 3 fully saturated rings. The summed E-state index contributed by atoms with van der Waals surface area (Å²) in [6.45, 7) is 7.71. The number of rotatable bonds is 12. The van der Waals surface area contributed by atoms with Crippen LogP contribution in [-0.2, 0) is 25.8 Å². The Labute approximate surface area is 267 Å². The maximum absolute atomic E-state index is 14.3. The Bertz CT molecular complexity index is 1300. The third kappa shape index (κ3) is 8.36. The summed E-state index contributed by atoms with van der Waals surface area (Å²) in [4.78, 5) is 58.5. The van der Waals surface area contributed by atoms with Gasteiger partial charge in [-0.05, 0) is 94.9 Å². The number of piperazine rings is 1. The molecule has 4 heterocycles. The number of nitrogens with one attached hydrogen (secondary N) is 1. The molecule has 0 radical (unpaired) electrons. The van der Waals surface area contributed by atoms with Gasteiger partial charge in [-0.15, -0.1) is 0 Å². The van der Waals surface area contributed by atoms with Crippen molar-refractivity contribution >= 4 is 23.8 Å². The van der Waals surface area contributed by atoms with Crippen LogP contribution in [0, 0.1) is 5.92 Å². The van der Waals surface area contributed by atoms with Crippen molar-refractivity contribution in [3.8, 4) is 0 Å². The molecular formula is C35H48N6O4. The SMILES string of the molecule is CC(C)C[C@H]1ON(C(=O)/C=C/c2ccccn2)[C@H]2CN(C3CCN(C)CC3)C(=O)[C@H](CCCCNCc3ccccc3)N2C1=O. The monoisotopic (exact) mass is 616 g/mol. The summed E-state index contributed by atoms with van der Waals surface area (Å²) in [5.41, 5.74) is 1.88. The zero-order valence-electron chi connectivity index (χ0n) is 26.9. The molecule has 3 aliphatic rings. The second-order valence-corrected chi connectivity index (χ2v) is 12.9. The van der Waals surface area contributed by atoms with Crippen LogP contribution in [0.15, 0.2) is 60.8 Å². The van der Waals surface area contributed by atoms with Crippen molar-refractivity contribution in [2.45, 2.75) is 83.3 Å². The molecule has 5 rings (SSSR count). The Hall–Kier alpha value is -3.60. The van der Waals surface area contributed by atoms with Gasteiger partial charge in [0.05, 0.1) is 12.2 Å². The molecule has 3 aliphatic heterocycles. The Balaban J connectivity index is 1.36. The molecule has 3 saturated heterocycles. The highest BCUT2D eigenvalue weighted by Gasteiger charge is 2.53. The average molecular weight is 617 g/mol. The number of hydrogen-bond acceptors (Lipinski definition) is 7. The molecule has 1 aromatic carbocycles. The summed E-state index contributed by atoms with van der Waals surface area (Å²) in [5, 5.41) is 4.85. The van der Waals surface area contributed by atoms with E-state index >= 15 is 0 Å². The van der Waals surface area contributed by atoms with E-state index in [-0.39, 0.29) is 36.2 Å². The number of piperidine rings is 1. The van der Waals surface area contributed by atoms with Crippen LogP contribution in [0.4, 0.5) is 0 Å². The Morgan fingerprint density at radius 1 is 1.04 bits per heavy atom. The zero-order valence-corrected chi connectivity index (χ0v) is 26.9. The van der Waals surface area contributed by atoms with Crippen LogP contribution in [-0.4, -0.2) is 100 Å². The summed E-state index contributed by atoms with van der Waals surface area (Å²) >= 11 is 0. The van der Waals surface area contributed by atoms with E-state index < -0.39 is 18.3 Å². The van der Waals surface area contributed by atoms with Crippen LogP contribution in [0.5, 0.6) is 0 Å². The normalized spacial score (nSPS) is 23.3. The van der Waals surface area contributed by atoms with Crippen LogP contribution >= 0.6 is 0 Å². The van der Waals surface area contributed by atoms with Crippen molar-refractivity contribution < 1.29 is 19.2 Å². The fraction of sp³-hybridized carbons (Fsp3) is 0.543. The summed E-state index contributed by atoms with van der Waals surface area (Å²) in [6.07, 6.45) is 7.64. The number of hydrogen-bond donors (Lipinski definition) is 1. The quantitative estimate of drug-likeness (QED) is 0.287. The standard InChI is InChI=1S/C35H48N6O4/c1-26(2)23-31-35(44)40-30(14-8-9-19-36-24-27-11-5-4-6-12-27)34(43)39(29-17-21-38(3)22-18-29)25-32(40)41(45-31)33(42)16-15-28-13-7-10-20-37-28/h4-7,10-13,15-16,20,26,29-32,36H,8-9,14,17-19,21-25H2,1-3H3/b16-15+/t30-,31+,32-/m0/s1. The number of nitrogens with zero attached hydrogens (tertiary/aromatic N) is 5. The number of benzene rings is 1. The second kappa shape index (κ2) is 15.6. The van der Waals surface area contributed by atoms with Gasteiger partial charge in [-0.25, -0.2) is 0 Å². The molecule has 1 aromatic heterocycles. The van der Waals surface area contributed by atoms with Crippen molar-refractivity contribution in [1.29, 1.82) is 0 Å². The van der Waals surface area contributed by atoms with Gasteiger partial charge >= 0.3 is 0 Å². The van der Waals surface area contributed by atoms with E-state index in [1.165, 1.54) is 16.7 Å². The van der Waals surface area contributed by atoms with Crippen LogP contribution in [0.3, 0.4) is 0 Å². The summed E-state index contributed by atoms with van der Waals surface area (Å²) in [6, 6.07) is 15.2. The minimum Gasteiger partial charge on any atom is -0.334 e.